The lowest BCUT2D eigenvalue weighted by Gasteiger charge is -2.33. The highest BCUT2D eigenvalue weighted by molar-refractivity contribution is 5.83. The Morgan fingerprint density at radius 3 is 2.77 bits per heavy atom. The highest BCUT2D eigenvalue weighted by atomic mass is 15.3. The second-order valence-electron chi connectivity index (χ2n) is 10.7. The van der Waals surface area contributed by atoms with E-state index in [1.54, 1.807) is 0 Å². The topological polar surface area (TPSA) is 86.7 Å². The molecular formula is C27H34N8. The van der Waals surface area contributed by atoms with Crippen LogP contribution in [0.1, 0.15) is 38.8 Å². The number of hydrogen-bond donors (Lipinski definition) is 3. The fraction of sp³-hybridized carbons (Fsp3) is 0.444. The first-order valence-electron chi connectivity index (χ1n) is 12.6. The summed E-state index contributed by atoms with van der Waals surface area (Å²) in [6, 6.07) is 10.9. The SMILES string of the molecule is CC(c1ccnc(Nc2nc3ccc(-c4cnn(CC5CC5(C)C)c4)cc3[nH]2)c1)N1CCNCC1. The van der Waals surface area contributed by atoms with Crippen molar-refractivity contribution in [2.45, 2.75) is 39.8 Å². The van der Waals surface area contributed by atoms with Gasteiger partial charge in [-0.2, -0.15) is 5.10 Å². The van der Waals surface area contributed by atoms with Gasteiger partial charge >= 0.3 is 0 Å². The molecule has 3 aromatic heterocycles. The Balaban J connectivity index is 1.17. The van der Waals surface area contributed by atoms with Gasteiger partial charge in [-0.05, 0) is 60.1 Å². The summed E-state index contributed by atoms with van der Waals surface area (Å²) < 4.78 is 2.08. The Morgan fingerprint density at radius 2 is 1.97 bits per heavy atom. The van der Waals surface area contributed by atoms with E-state index in [0.29, 0.717) is 17.4 Å². The fourth-order valence-corrected chi connectivity index (χ4v) is 5.15. The van der Waals surface area contributed by atoms with Gasteiger partial charge in [0.25, 0.3) is 0 Å². The molecule has 0 radical (unpaired) electrons. The van der Waals surface area contributed by atoms with E-state index in [-0.39, 0.29) is 0 Å². The lowest BCUT2D eigenvalue weighted by molar-refractivity contribution is 0.185. The smallest absolute Gasteiger partial charge is 0.206 e. The summed E-state index contributed by atoms with van der Waals surface area (Å²) in [6.45, 7) is 12.1. The number of anilines is 2. The van der Waals surface area contributed by atoms with Crippen LogP contribution in [0.3, 0.4) is 0 Å². The van der Waals surface area contributed by atoms with Gasteiger partial charge < -0.3 is 15.6 Å². The third-order valence-electron chi connectivity index (χ3n) is 7.79. The standard InChI is InChI=1S/C27H34N8/c1-18(34-10-8-28-9-11-34)19-6-7-29-25(13-19)33-26-31-23-5-4-20(12-24(23)32-26)21-15-30-35(16-21)17-22-14-27(22,2)3/h4-7,12-13,15-16,18,22,28H,8-11,14,17H2,1-3H3,(H2,29,31,32,33). The maximum Gasteiger partial charge on any atom is 0.206 e. The Kier molecular flexibility index (Phi) is 5.57. The summed E-state index contributed by atoms with van der Waals surface area (Å²) in [7, 11) is 0. The van der Waals surface area contributed by atoms with Crippen LogP contribution >= 0.6 is 0 Å². The molecule has 0 spiro atoms. The molecule has 1 saturated heterocycles. The Hall–Kier alpha value is -3.23. The van der Waals surface area contributed by atoms with Gasteiger partial charge in [0.15, 0.2) is 0 Å². The van der Waals surface area contributed by atoms with E-state index in [0.717, 1.165) is 66.6 Å². The van der Waals surface area contributed by atoms with Crippen LogP contribution in [0.15, 0.2) is 48.9 Å². The predicted octanol–water partition coefficient (Wildman–Crippen LogP) is 4.58. The van der Waals surface area contributed by atoms with Gasteiger partial charge in [0.2, 0.25) is 5.95 Å². The third kappa shape index (κ3) is 4.68. The molecule has 6 rings (SSSR count). The number of benzene rings is 1. The van der Waals surface area contributed by atoms with Crippen molar-refractivity contribution >= 4 is 22.8 Å². The lowest BCUT2D eigenvalue weighted by Crippen LogP contribution is -2.44. The van der Waals surface area contributed by atoms with Gasteiger partial charge in [-0.25, -0.2) is 9.97 Å². The molecular weight excluding hydrogens is 436 g/mol. The van der Waals surface area contributed by atoms with E-state index in [4.69, 9.17) is 4.98 Å². The second kappa shape index (κ2) is 8.77. The van der Waals surface area contributed by atoms with Crippen LogP contribution in [-0.4, -0.2) is 55.8 Å². The van der Waals surface area contributed by atoms with Crippen LogP contribution in [0.2, 0.25) is 0 Å². The first-order valence-corrected chi connectivity index (χ1v) is 12.6. The van der Waals surface area contributed by atoms with E-state index >= 15 is 0 Å². The summed E-state index contributed by atoms with van der Waals surface area (Å²) in [5.41, 5.74) is 5.90. The number of fused-ring (bicyclic) bond motifs is 1. The highest BCUT2D eigenvalue weighted by Gasteiger charge is 2.45. The summed E-state index contributed by atoms with van der Waals surface area (Å²) >= 11 is 0. The predicted molar refractivity (Wildman–Crippen MR) is 140 cm³/mol. The highest BCUT2D eigenvalue weighted by Crippen LogP contribution is 2.52. The number of piperazine rings is 1. The van der Waals surface area contributed by atoms with Crippen molar-refractivity contribution in [3.63, 3.8) is 0 Å². The summed E-state index contributed by atoms with van der Waals surface area (Å²) in [4.78, 5) is 15.2. The van der Waals surface area contributed by atoms with Crippen molar-refractivity contribution in [1.29, 1.82) is 0 Å². The maximum absolute atomic E-state index is 4.73. The molecule has 2 unspecified atom stereocenters. The molecule has 3 N–H and O–H groups in total. The van der Waals surface area contributed by atoms with Crippen molar-refractivity contribution in [2.24, 2.45) is 11.3 Å². The number of nitrogens with zero attached hydrogens (tertiary/aromatic N) is 5. The van der Waals surface area contributed by atoms with Crippen molar-refractivity contribution in [3.05, 3.63) is 54.5 Å². The molecule has 2 fully saturated rings. The molecule has 0 amide bonds. The Labute approximate surface area is 206 Å². The molecule has 1 saturated carbocycles. The molecule has 2 atom stereocenters. The molecule has 8 heteroatoms. The van der Waals surface area contributed by atoms with E-state index in [1.807, 2.05) is 12.4 Å². The number of rotatable bonds is 7. The molecule has 35 heavy (non-hydrogen) atoms. The molecule has 0 bridgehead atoms. The summed E-state index contributed by atoms with van der Waals surface area (Å²) in [6.07, 6.45) is 7.27. The first kappa shape index (κ1) is 22.2. The number of H-pyrrole nitrogens is 1. The number of aromatic amines is 1. The van der Waals surface area contributed by atoms with Crippen molar-refractivity contribution in [2.75, 3.05) is 31.5 Å². The Morgan fingerprint density at radius 1 is 1.14 bits per heavy atom. The lowest BCUT2D eigenvalue weighted by atomic mass is 10.1. The molecule has 8 nitrogen and oxygen atoms in total. The summed E-state index contributed by atoms with van der Waals surface area (Å²) in [5.74, 6) is 2.22. The van der Waals surface area contributed by atoms with Gasteiger partial charge in [0.05, 0.1) is 17.2 Å². The summed E-state index contributed by atoms with van der Waals surface area (Å²) in [5, 5.41) is 11.4. The average Bonchev–Trinajstić information content (AvgIpc) is 3.21. The number of nitrogens with one attached hydrogen (secondary N) is 3. The number of pyridine rings is 1. The third-order valence-corrected chi connectivity index (χ3v) is 7.79. The van der Waals surface area contributed by atoms with Crippen LogP contribution < -0.4 is 10.6 Å². The van der Waals surface area contributed by atoms with E-state index in [9.17, 15) is 0 Å². The van der Waals surface area contributed by atoms with E-state index in [1.165, 1.54) is 12.0 Å². The molecule has 4 aromatic rings. The first-order chi connectivity index (χ1) is 16.9. The van der Waals surface area contributed by atoms with Crippen LogP contribution in [0.4, 0.5) is 11.8 Å². The minimum atomic E-state index is 0.353. The normalized spacial score (nSPS) is 20.7. The van der Waals surface area contributed by atoms with Crippen molar-refractivity contribution in [3.8, 4) is 11.1 Å². The number of aromatic nitrogens is 5. The van der Waals surface area contributed by atoms with Gasteiger partial charge in [-0.15, -0.1) is 0 Å². The van der Waals surface area contributed by atoms with Crippen molar-refractivity contribution in [1.82, 2.24) is 34.9 Å². The maximum atomic E-state index is 4.73. The minimum Gasteiger partial charge on any atom is -0.324 e. The zero-order valence-electron chi connectivity index (χ0n) is 20.8. The molecule has 4 heterocycles. The number of hydrogen-bond acceptors (Lipinski definition) is 6. The second-order valence-corrected chi connectivity index (χ2v) is 10.7. The zero-order valence-corrected chi connectivity index (χ0v) is 20.8. The zero-order chi connectivity index (χ0) is 24.0. The van der Waals surface area contributed by atoms with E-state index in [2.05, 4.69) is 92.6 Å². The van der Waals surface area contributed by atoms with Crippen LogP contribution in [0.25, 0.3) is 22.2 Å². The fourth-order valence-electron chi connectivity index (χ4n) is 5.15. The molecule has 1 aliphatic heterocycles. The van der Waals surface area contributed by atoms with E-state index < -0.39 is 0 Å². The monoisotopic (exact) mass is 470 g/mol. The van der Waals surface area contributed by atoms with Gasteiger partial charge in [0.1, 0.15) is 5.82 Å². The van der Waals surface area contributed by atoms with Gasteiger partial charge in [0, 0.05) is 56.7 Å². The molecule has 182 valence electrons. The minimum absolute atomic E-state index is 0.353. The Bertz CT molecular complexity index is 1330. The quantitative estimate of drug-likeness (QED) is 0.367. The molecule has 2 aliphatic rings. The van der Waals surface area contributed by atoms with Crippen LogP contribution in [-0.2, 0) is 6.54 Å². The largest absolute Gasteiger partial charge is 0.324 e. The van der Waals surface area contributed by atoms with Crippen molar-refractivity contribution < 1.29 is 0 Å². The molecule has 1 aromatic carbocycles. The van der Waals surface area contributed by atoms with Gasteiger partial charge in [-0.1, -0.05) is 19.9 Å². The average molecular weight is 471 g/mol. The van der Waals surface area contributed by atoms with Gasteiger partial charge in [-0.3, -0.25) is 9.58 Å². The van der Waals surface area contributed by atoms with Crippen LogP contribution in [0, 0.1) is 11.3 Å². The molecule has 1 aliphatic carbocycles. The number of imidazole rings is 1. The van der Waals surface area contributed by atoms with Crippen LogP contribution in [0.5, 0.6) is 0 Å².